The summed E-state index contributed by atoms with van der Waals surface area (Å²) in [6.45, 7) is 9.45. The zero-order valence-corrected chi connectivity index (χ0v) is 16.0. The number of carbonyl (C=O) groups excluding carboxylic acids is 1. The number of rotatable bonds is 5. The number of amides is 1. The molecular formula is C22H29N3O. The normalized spacial score (nSPS) is 17.0. The first-order valence-electron chi connectivity index (χ1n) is 9.58. The second-order valence-corrected chi connectivity index (χ2v) is 7.30. The van der Waals surface area contributed by atoms with E-state index in [9.17, 15) is 4.79 Å². The lowest BCUT2D eigenvalue weighted by Gasteiger charge is -2.31. The Morgan fingerprint density at radius 2 is 2.04 bits per heavy atom. The van der Waals surface area contributed by atoms with E-state index in [0.29, 0.717) is 0 Å². The summed E-state index contributed by atoms with van der Waals surface area (Å²) in [7, 11) is 0. The van der Waals surface area contributed by atoms with Crippen molar-refractivity contribution < 1.29 is 4.79 Å². The quantitative estimate of drug-likeness (QED) is 0.894. The molecule has 0 radical (unpaired) electrons. The molecule has 0 bridgehead atoms. The highest BCUT2D eigenvalue weighted by atomic mass is 16.1. The van der Waals surface area contributed by atoms with Crippen LogP contribution in [0.25, 0.3) is 0 Å². The first-order chi connectivity index (χ1) is 12.6. The van der Waals surface area contributed by atoms with Gasteiger partial charge in [0.2, 0.25) is 5.91 Å². The maximum absolute atomic E-state index is 13.0. The molecule has 2 heterocycles. The van der Waals surface area contributed by atoms with Gasteiger partial charge in [0.25, 0.3) is 0 Å². The Labute approximate surface area is 156 Å². The molecule has 1 saturated heterocycles. The van der Waals surface area contributed by atoms with Gasteiger partial charge in [-0.15, -0.1) is 0 Å². The second kappa shape index (κ2) is 8.45. The fourth-order valence-corrected chi connectivity index (χ4v) is 3.73. The van der Waals surface area contributed by atoms with E-state index in [1.165, 1.54) is 11.1 Å². The van der Waals surface area contributed by atoms with Gasteiger partial charge in [0, 0.05) is 18.3 Å². The summed E-state index contributed by atoms with van der Waals surface area (Å²) < 4.78 is 0. The van der Waals surface area contributed by atoms with Crippen LogP contribution in [0, 0.1) is 19.8 Å². The van der Waals surface area contributed by atoms with Crippen LogP contribution in [-0.4, -0.2) is 35.4 Å². The highest BCUT2D eigenvalue weighted by Gasteiger charge is 2.27. The number of benzene rings is 1. The molecule has 0 unspecified atom stereocenters. The molecule has 1 N–H and O–H groups in total. The fourth-order valence-electron chi connectivity index (χ4n) is 3.73. The summed E-state index contributed by atoms with van der Waals surface area (Å²) in [5.41, 5.74) is 4.56. The Kier molecular flexibility index (Phi) is 6.04. The van der Waals surface area contributed by atoms with E-state index < -0.39 is 0 Å². The molecule has 4 heteroatoms. The minimum atomic E-state index is -0.152. The third-order valence-electron chi connectivity index (χ3n) is 5.46. The number of aromatic nitrogens is 1. The molecule has 1 atom stereocenters. The predicted octanol–water partition coefficient (Wildman–Crippen LogP) is 3.64. The van der Waals surface area contributed by atoms with Gasteiger partial charge in [0.15, 0.2) is 0 Å². The molecule has 1 fully saturated rings. The van der Waals surface area contributed by atoms with Crippen LogP contribution in [0.5, 0.6) is 0 Å². The van der Waals surface area contributed by atoms with Gasteiger partial charge in [-0.1, -0.05) is 36.8 Å². The monoisotopic (exact) mass is 351 g/mol. The molecule has 2 aromatic rings. The molecule has 0 aliphatic carbocycles. The molecule has 3 rings (SSSR count). The van der Waals surface area contributed by atoms with Crippen LogP contribution in [0.2, 0.25) is 0 Å². The Bertz CT molecular complexity index is 736. The smallest absolute Gasteiger partial charge is 0.223 e. The minimum absolute atomic E-state index is 0.0992. The van der Waals surface area contributed by atoms with Crippen LogP contribution >= 0.6 is 0 Å². The summed E-state index contributed by atoms with van der Waals surface area (Å²) in [4.78, 5) is 19.7. The number of hydrogen-bond acceptors (Lipinski definition) is 3. The molecule has 0 spiro atoms. The lowest BCUT2D eigenvalue weighted by Crippen LogP contribution is -2.41. The molecule has 0 saturated carbocycles. The maximum atomic E-state index is 13.0. The Morgan fingerprint density at radius 3 is 2.69 bits per heavy atom. The third kappa shape index (κ3) is 4.31. The van der Waals surface area contributed by atoms with E-state index in [2.05, 4.69) is 54.2 Å². The summed E-state index contributed by atoms with van der Waals surface area (Å²) in [6.07, 6.45) is 5.50. The Balaban J connectivity index is 1.83. The molecule has 1 aromatic heterocycles. The topological polar surface area (TPSA) is 45.2 Å². The average molecular weight is 351 g/mol. The van der Waals surface area contributed by atoms with Crippen molar-refractivity contribution >= 4 is 5.91 Å². The van der Waals surface area contributed by atoms with Gasteiger partial charge in [-0.05, 0) is 69.1 Å². The molecular weight excluding hydrogens is 322 g/mol. The van der Waals surface area contributed by atoms with E-state index >= 15 is 0 Å². The highest BCUT2D eigenvalue weighted by Crippen LogP contribution is 2.27. The minimum Gasteiger partial charge on any atom is -0.345 e. The Hall–Kier alpha value is -2.20. The number of likely N-dealkylation sites (tertiary alicyclic amines) is 1. The molecule has 138 valence electrons. The van der Waals surface area contributed by atoms with Crippen LogP contribution in [0.15, 0.2) is 42.7 Å². The van der Waals surface area contributed by atoms with Crippen molar-refractivity contribution in [1.29, 1.82) is 0 Å². The highest BCUT2D eigenvalue weighted by molar-refractivity contribution is 5.79. The number of aryl methyl sites for hydroxylation is 2. The molecule has 1 aliphatic rings. The van der Waals surface area contributed by atoms with Crippen molar-refractivity contribution in [2.24, 2.45) is 5.92 Å². The van der Waals surface area contributed by atoms with E-state index in [1.807, 2.05) is 18.3 Å². The van der Waals surface area contributed by atoms with Crippen LogP contribution in [-0.2, 0) is 4.79 Å². The molecule has 1 aliphatic heterocycles. The van der Waals surface area contributed by atoms with Crippen LogP contribution in [0.3, 0.4) is 0 Å². The third-order valence-corrected chi connectivity index (χ3v) is 5.46. The van der Waals surface area contributed by atoms with Crippen LogP contribution in [0.4, 0.5) is 0 Å². The standard InChI is InChI=1S/C22H29N3O/c1-4-25-12-9-18(10-13-25)22(26)24-21(19-6-5-11-23-15-19)20-14-16(2)7-8-17(20)3/h5-8,11,14-15,18,21H,4,9-10,12-13H2,1-3H3,(H,24,26)/t21-/m1/s1. The van der Waals surface area contributed by atoms with E-state index in [-0.39, 0.29) is 17.9 Å². The summed E-state index contributed by atoms with van der Waals surface area (Å²) in [5, 5.41) is 3.32. The number of pyridine rings is 1. The van der Waals surface area contributed by atoms with E-state index in [0.717, 1.165) is 43.6 Å². The lowest BCUT2D eigenvalue weighted by molar-refractivity contribution is -0.126. The summed E-state index contributed by atoms with van der Waals surface area (Å²) in [5.74, 6) is 0.262. The van der Waals surface area contributed by atoms with Gasteiger partial charge >= 0.3 is 0 Å². The van der Waals surface area contributed by atoms with Crippen LogP contribution < -0.4 is 5.32 Å². The first kappa shape index (κ1) is 18.6. The fraction of sp³-hybridized carbons (Fsp3) is 0.455. The summed E-state index contributed by atoms with van der Waals surface area (Å²) >= 11 is 0. The first-order valence-corrected chi connectivity index (χ1v) is 9.58. The number of carbonyl (C=O) groups is 1. The maximum Gasteiger partial charge on any atom is 0.223 e. The number of nitrogens with zero attached hydrogens (tertiary/aromatic N) is 2. The molecule has 1 aromatic carbocycles. The van der Waals surface area contributed by atoms with Gasteiger partial charge in [0.1, 0.15) is 0 Å². The van der Waals surface area contributed by atoms with Gasteiger partial charge in [-0.3, -0.25) is 9.78 Å². The van der Waals surface area contributed by atoms with E-state index in [4.69, 9.17) is 0 Å². The van der Waals surface area contributed by atoms with Crippen molar-refractivity contribution in [1.82, 2.24) is 15.2 Å². The average Bonchev–Trinajstić information content (AvgIpc) is 2.68. The van der Waals surface area contributed by atoms with Gasteiger partial charge in [-0.2, -0.15) is 0 Å². The zero-order chi connectivity index (χ0) is 18.5. The van der Waals surface area contributed by atoms with Gasteiger partial charge < -0.3 is 10.2 Å². The SMILES string of the molecule is CCN1CCC(C(=O)N[C@H](c2cccnc2)c2cc(C)ccc2C)CC1. The summed E-state index contributed by atoms with van der Waals surface area (Å²) in [6, 6.07) is 10.2. The predicted molar refractivity (Wildman–Crippen MR) is 105 cm³/mol. The van der Waals surface area contributed by atoms with Crippen molar-refractivity contribution in [2.45, 2.75) is 39.7 Å². The van der Waals surface area contributed by atoms with E-state index in [1.54, 1.807) is 6.20 Å². The Morgan fingerprint density at radius 1 is 1.27 bits per heavy atom. The molecule has 26 heavy (non-hydrogen) atoms. The molecule has 1 amide bonds. The van der Waals surface area contributed by atoms with Crippen molar-refractivity contribution in [3.8, 4) is 0 Å². The van der Waals surface area contributed by atoms with Gasteiger partial charge in [0.05, 0.1) is 6.04 Å². The van der Waals surface area contributed by atoms with Crippen molar-refractivity contribution in [3.05, 3.63) is 65.0 Å². The van der Waals surface area contributed by atoms with Gasteiger partial charge in [-0.25, -0.2) is 0 Å². The number of nitrogens with one attached hydrogen (secondary N) is 1. The number of hydrogen-bond donors (Lipinski definition) is 1. The second-order valence-electron chi connectivity index (χ2n) is 7.30. The van der Waals surface area contributed by atoms with Crippen molar-refractivity contribution in [2.75, 3.05) is 19.6 Å². The van der Waals surface area contributed by atoms with Crippen molar-refractivity contribution in [3.63, 3.8) is 0 Å². The number of piperidine rings is 1. The molecule has 4 nitrogen and oxygen atoms in total. The van der Waals surface area contributed by atoms with Crippen LogP contribution in [0.1, 0.15) is 48.1 Å². The lowest BCUT2D eigenvalue weighted by atomic mass is 9.91. The largest absolute Gasteiger partial charge is 0.345 e. The zero-order valence-electron chi connectivity index (χ0n) is 16.0.